The average molecular weight is 308 g/mol. The molecule has 0 aliphatic rings. The van der Waals surface area contributed by atoms with Crippen molar-refractivity contribution in [3.8, 4) is 0 Å². The molecule has 0 saturated heterocycles. The predicted molar refractivity (Wildman–Crippen MR) is 79.4 cm³/mol. The van der Waals surface area contributed by atoms with Gasteiger partial charge in [-0.1, -0.05) is 6.92 Å². The molecule has 1 aromatic heterocycles. The normalized spacial score (nSPS) is 10.4. The van der Waals surface area contributed by atoms with Gasteiger partial charge in [0.05, 0.1) is 9.80 Å². The molecule has 0 radical (unpaired) electrons. The standard InChI is InChI=1S/C14H13FN2O3S/c1-3-9-6-13(21-8(9)2)14(18)16-10-4-5-11(15)12(7-10)17(19)20/h4-7H,3H2,1-2H3,(H,16,18). The first-order valence-electron chi connectivity index (χ1n) is 6.27. The highest BCUT2D eigenvalue weighted by atomic mass is 32.1. The first-order valence-corrected chi connectivity index (χ1v) is 7.08. The van der Waals surface area contributed by atoms with Crippen LogP contribution < -0.4 is 5.32 Å². The minimum atomic E-state index is -0.932. The summed E-state index contributed by atoms with van der Waals surface area (Å²) in [6, 6.07) is 5.06. The molecule has 0 atom stereocenters. The summed E-state index contributed by atoms with van der Waals surface area (Å²) in [4.78, 5) is 23.5. The van der Waals surface area contributed by atoms with Gasteiger partial charge in [-0.05, 0) is 37.1 Å². The fourth-order valence-corrected chi connectivity index (χ4v) is 2.91. The summed E-state index contributed by atoms with van der Waals surface area (Å²) in [5.41, 5.74) is 0.622. The first kappa shape index (κ1) is 15.1. The molecule has 0 spiro atoms. The molecule has 0 saturated carbocycles. The third kappa shape index (κ3) is 3.25. The Bertz CT molecular complexity index is 712. The fourth-order valence-electron chi connectivity index (χ4n) is 1.91. The van der Waals surface area contributed by atoms with Crippen LogP contribution in [0.5, 0.6) is 0 Å². The van der Waals surface area contributed by atoms with Crippen LogP contribution >= 0.6 is 11.3 Å². The molecule has 0 aliphatic heterocycles. The monoisotopic (exact) mass is 308 g/mol. The van der Waals surface area contributed by atoms with Crippen molar-refractivity contribution in [1.29, 1.82) is 0 Å². The highest BCUT2D eigenvalue weighted by molar-refractivity contribution is 7.14. The number of halogens is 1. The Balaban J connectivity index is 2.23. The third-order valence-electron chi connectivity index (χ3n) is 3.03. The smallest absolute Gasteiger partial charge is 0.306 e. The maximum absolute atomic E-state index is 13.2. The third-order valence-corrected chi connectivity index (χ3v) is 4.12. The number of carbonyl (C=O) groups excluding carboxylic acids is 1. The Morgan fingerprint density at radius 3 is 2.71 bits per heavy atom. The van der Waals surface area contributed by atoms with Crippen molar-refractivity contribution < 1.29 is 14.1 Å². The van der Waals surface area contributed by atoms with Crippen LogP contribution in [0.25, 0.3) is 0 Å². The van der Waals surface area contributed by atoms with E-state index in [1.54, 1.807) is 6.07 Å². The molecule has 0 fully saturated rings. The average Bonchev–Trinajstić information content (AvgIpc) is 2.82. The van der Waals surface area contributed by atoms with Crippen molar-refractivity contribution in [2.75, 3.05) is 5.32 Å². The summed E-state index contributed by atoms with van der Waals surface area (Å²) in [5.74, 6) is -1.29. The molecule has 0 aliphatic carbocycles. The highest BCUT2D eigenvalue weighted by Crippen LogP contribution is 2.25. The molecule has 2 rings (SSSR count). The molecule has 5 nitrogen and oxygen atoms in total. The summed E-state index contributed by atoms with van der Waals surface area (Å²) in [7, 11) is 0. The Kier molecular flexibility index (Phi) is 4.32. The van der Waals surface area contributed by atoms with Crippen LogP contribution in [-0.4, -0.2) is 10.8 Å². The van der Waals surface area contributed by atoms with E-state index in [0.717, 1.165) is 29.0 Å². The lowest BCUT2D eigenvalue weighted by Crippen LogP contribution is -2.10. The molecule has 1 N–H and O–H groups in total. The number of rotatable bonds is 4. The number of carbonyl (C=O) groups is 1. The van der Waals surface area contributed by atoms with Crippen molar-refractivity contribution in [1.82, 2.24) is 0 Å². The number of nitro groups is 1. The first-order chi connectivity index (χ1) is 9.92. The minimum Gasteiger partial charge on any atom is -0.321 e. The molecule has 2 aromatic rings. The molecule has 0 bridgehead atoms. The predicted octanol–water partition coefficient (Wildman–Crippen LogP) is 3.92. The van der Waals surface area contributed by atoms with Crippen LogP contribution in [-0.2, 0) is 6.42 Å². The number of hydrogen-bond acceptors (Lipinski definition) is 4. The quantitative estimate of drug-likeness (QED) is 0.687. The Morgan fingerprint density at radius 2 is 2.14 bits per heavy atom. The minimum absolute atomic E-state index is 0.192. The number of anilines is 1. The Labute approximate surface area is 124 Å². The van der Waals surface area contributed by atoms with Crippen molar-refractivity contribution >= 4 is 28.6 Å². The van der Waals surface area contributed by atoms with Crippen LogP contribution in [0.15, 0.2) is 24.3 Å². The van der Waals surface area contributed by atoms with Gasteiger partial charge in [0.25, 0.3) is 5.91 Å². The van der Waals surface area contributed by atoms with Gasteiger partial charge in [-0.2, -0.15) is 4.39 Å². The van der Waals surface area contributed by atoms with Gasteiger partial charge in [0.15, 0.2) is 0 Å². The highest BCUT2D eigenvalue weighted by Gasteiger charge is 2.17. The van der Waals surface area contributed by atoms with E-state index >= 15 is 0 Å². The summed E-state index contributed by atoms with van der Waals surface area (Å²) in [5, 5.41) is 13.2. The SMILES string of the molecule is CCc1cc(C(=O)Nc2ccc(F)c([N+](=O)[O-])c2)sc1C. The lowest BCUT2D eigenvalue weighted by molar-refractivity contribution is -0.387. The van der Waals surface area contributed by atoms with Gasteiger partial charge < -0.3 is 5.32 Å². The molecule has 21 heavy (non-hydrogen) atoms. The van der Waals surface area contributed by atoms with Crippen molar-refractivity contribution in [2.24, 2.45) is 0 Å². The van der Waals surface area contributed by atoms with E-state index in [9.17, 15) is 19.3 Å². The van der Waals surface area contributed by atoms with Crippen molar-refractivity contribution in [2.45, 2.75) is 20.3 Å². The van der Waals surface area contributed by atoms with Gasteiger partial charge in [-0.15, -0.1) is 11.3 Å². The molecule has 1 amide bonds. The van der Waals surface area contributed by atoms with E-state index < -0.39 is 16.4 Å². The second-order valence-corrected chi connectivity index (χ2v) is 5.68. The summed E-state index contributed by atoms with van der Waals surface area (Å²) in [6.07, 6.45) is 0.831. The lowest BCUT2D eigenvalue weighted by atomic mass is 10.2. The maximum Gasteiger partial charge on any atom is 0.306 e. The zero-order chi connectivity index (χ0) is 15.6. The van der Waals surface area contributed by atoms with E-state index in [2.05, 4.69) is 5.32 Å². The van der Waals surface area contributed by atoms with Crippen LogP contribution in [0.3, 0.4) is 0 Å². The molecule has 1 aromatic carbocycles. The maximum atomic E-state index is 13.2. The van der Waals surface area contributed by atoms with Crippen molar-refractivity contribution in [3.05, 3.63) is 55.5 Å². The fraction of sp³-hybridized carbons (Fsp3) is 0.214. The van der Waals surface area contributed by atoms with E-state index in [-0.39, 0.29) is 11.6 Å². The second kappa shape index (κ2) is 6.01. The van der Waals surface area contributed by atoms with Crippen LogP contribution in [0.4, 0.5) is 15.8 Å². The van der Waals surface area contributed by atoms with E-state index in [0.29, 0.717) is 4.88 Å². The number of thiophene rings is 1. The van der Waals surface area contributed by atoms with Gasteiger partial charge in [-0.25, -0.2) is 0 Å². The lowest BCUT2D eigenvalue weighted by Gasteiger charge is -2.03. The van der Waals surface area contributed by atoms with Gasteiger partial charge in [0, 0.05) is 16.6 Å². The van der Waals surface area contributed by atoms with Gasteiger partial charge in [0.2, 0.25) is 5.82 Å². The number of aryl methyl sites for hydroxylation is 2. The zero-order valence-electron chi connectivity index (χ0n) is 11.5. The van der Waals surface area contributed by atoms with Gasteiger partial charge in [-0.3, -0.25) is 14.9 Å². The van der Waals surface area contributed by atoms with Crippen LogP contribution in [0.1, 0.15) is 27.0 Å². The summed E-state index contributed by atoms with van der Waals surface area (Å²) < 4.78 is 13.2. The topological polar surface area (TPSA) is 72.2 Å². The zero-order valence-corrected chi connectivity index (χ0v) is 12.3. The van der Waals surface area contributed by atoms with Gasteiger partial charge in [0.1, 0.15) is 0 Å². The largest absolute Gasteiger partial charge is 0.321 e. The molecular formula is C14H13FN2O3S. The number of amides is 1. The van der Waals surface area contributed by atoms with Crippen molar-refractivity contribution in [3.63, 3.8) is 0 Å². The molecule has 0 unspecified atom stereocenters. The summed E-state index contributed by atoms with van der Waals surface area (Å²) >= 11 is 1.36. The Morgan fingerprint density at radius 1 is 1.43 bits per heavy atom. The molecular weight excluding hydrogens is 295 g/mol. The van der Waals surface area contributed by atoms with Crippen LogP contribution in [0, 0.1) is 22.9 Å². The summed E-state index contributed by atoms with van der Waals surface area (Å²) in [6.45, 7) is 3.93. The number of nitro benzene ring substituents is 1. The number of nitrogens with zero attached hydrogens (tertiary/aromatic N) is 1. The van der Waals surface area contributed by atoms with E-state index in [4.69, 9.17) is 0 Å². The number of benzene rings is 1. The Hall–Kier alpha value is -2.28. The van der Waals surface area contributed by atoms with Crippen LogP contribution in [0.2, 0.25) is 0 Å². The molecule has 1 heterocycles. The van der Waals surface area contributed by atoms with Gasteiger partial charge >= 0.3 is 5.69 Å². The number of nitrogens with one attached hydrogen (secondary N) is 1. The molecule has 110 valence electrons. The van der Waals surface area contributed by atoms with E-state index in [1.165, 1.54) is 17.4 Å². The molecule has 7 heteroatoms. The number of hydrogen-bond donors (Lipinski definition) is 1. The second-order valence-electron chi connectivity index (χ2n) is 4.42. The van der Waals surface area contributed by atoms with E-state index in [1.807, 2.05) is 13.8 Å².